The van der Waals surface area contributed by atoms with E-state index in [-0.39, 0.29) is 6.10 Å². The van der Waals surface area contributed by atoms with Crippen molar-refractivity contribution in [2.75, 3.05) is 20.6 Å². The highest BCUT2D eigenvalue weighted by Gasteiger charge is 2.14. The molecule has 0 radical (unpaired) electrons. The average Bonchev–Trinajstić information content (AvgIpc) is 2.39. The van der Waals surface area contributed by atoms with Crippen molar-refractivity contribution in [1.82, 2.24) is 9.88 Å². The SMILES string of the molecule is CN(C)CC(Oc1cccnc1)c1ccc(Br)cc1. The molecule has 0 spiro atoms. The Bertz CT molecular complexity index is 499. The highest BCUT2D eigenvalue weighted by atomic mass is 79.9. The first kappa shape index (κ1) is 14.0. The molecular weight excluding hydrogens is 304 g/mol. The number of pyridine rings is 1. The maximum atomic E-state index is 6.03. The topological polar surface area (TPSA) is 25.4 Å². The number of rotatable bonds is 5. The van der Waals surface area contributed by atoms with Gasteiger partial charge >= 0.3 is 0 Å². The summed E-state index contributed by atoms with van der Waals surface area (Å²) < 4.78 is 7.10. The molecule has 0 aliphatic rings. The van der Waals surface area contributed by atoms with E-state index in [2.05, 4.69) is 37.9 Å². The number of aromatic nitrogens is 1. The standard InChI is InChI=1S/C15H17BrN2O/c1-18(2)11-15(12-5-7-13(16)8-6-12)19-14-4-3-9-17-10-14/h3-10,15H,11H2,1-2H3. The van der Waals surface area contributed by atoms with Crippen LogP contribution in [0.5, 0.6) is 5.75 Å². The van der Waals surface area contributed by atoms with Crippen molar-refractivity contribution in [2.24, 2.45) is 0 Å². The summed E-state index contributed by atoms with van der Waals surface area (Å²) in [6, 6.07) is 12.0. The van der Waals surface area contributed by atoms with E-state index >= 15 is 0 Å². The molecule has 0 saturated heterocycles. The van der Waals surface area contributed by atoms with Crippen LogP contribution < -0.4 is 4.74 Å². The first-order valence-electron chi connectivity index (χ1n) is 6.12. The van der Waals surface area contributed by atoms with E-state index < -0.39 is 0 Å². The molecule has 2 aromatic rings. The molecule has 100 valence electrons. The average molecular weight is 321 g/mol. The van der Waals surface area contributed by atoms with Crippen LogP contribution in [0.25, 0.3) is 0 Å². The highest BCUT2D eigenvalue weighted by molar-refractivity contribution is 9.10. The van der Waals surface area contributed by atoms with Crippen LogP contribution in [0, 0.1) is 0 Å². The largest absolute Gasteiger partial charge is 0.483 e. The number of halogens is 1. The van der Waals surface area contributed by atoms with E-state index in [0.29, 0.717) is 0 Å². The summed E-state index contributed by atoms with van der Waals surface area (Å²) in [6.45, 7) is 0.816. The molecule has 4 heteroatoms. The predicted octanol–water partition coefficient (Wildman–Crippen LogP) is 3.53. The fourth-order valence-corrected chi connectivity index (χ4v) is 2.07. The van der Waals surface area contributed by atoms with Crippen molar-refractivity contribution in [3.63, 3.8) is 0 Å². The molecule has 2 rings (SSSR count). The Hall–Kier alpha value is -1.39. The van der Waals surface area contributed by atoms with Crippen molar-refractivity contribution in [1.29, 1.82) is 0 Å². The summed E-state index contributed by atoms with van der Waals surface area (Å²) in [6.07, 6.45) is 3.47. The van der Waals surface area contributed by atoms with E-state index in [9.17, 15) is 0 Å². The van der Waals surface area contributed by atoms with Crippen LogP contribution in [-0.4, -0.2) is 30.5 Å². The molecule has 1 unspecified atom stereocenters. The van der Waals surface area contributed by atoms with Gasteiger partial charge in [0.15, 0.2) is 0 Å². The van der Waals surface area contributed by atoms with Gasteiger partial charge in [-0.2, -0.15) is 0 Å². The lowest BCUT2D eigenvalue weighted by Crippen LogP contribution is -2.24. The molecule has 1 atom stereocenters. The lowest BCUT2D eigenvalue weighted by atomic mass is 10.1. The maximum Gasteiger partial charge on any atom is 0.138 e. The van der Waals surface area contributed by atoms with Gasteiger partial charge in [0.2, 0.25) is 0 Å². The van der Waals surface area contributed by atoms with Gasteiger partial charge < -0.3 is 9.64 Å². The first-order valence-corrected chi connectivity index (χ1v) is 6.91. The van der Waals surface area contributed by atoms with Gasteiger partial charge in [0.25, 0.3) is 0 Å². The van der Waals surface area contributed by atoms with Crippen LogP contribution in [0.1, 0.15) is 11.7 Å². The van der Waals surface area contributed by atoms with E-state index in [1.165, 1.54) is 0 Å². The van der Waals surface area contributed by atoms with Gasteiger partial charge in [-0.1, -0.05) is 28.1 Å². The lowest BCUT2D eigenvalue weighted by molar-refractivity contribution is 0.161. The molecule has 0 amide bonds. The Kier molecular flexibility index (Phi) is 4.93. The van der Waals surface area contributed by atoms with Crippen molar-refractivity contribution in [3.05, 3.63) is 58.8 Å². The van der Waals surface area contributed by atoms with Gasteiger partial charge in [-0.25, -0.2) is 0 Å². The lowest BCUT2D eigenvalue weighted by Gasteiger charge is -2.22. The number of hydrogen-bond acceptors (Lipinski definition) is 3. The highest BCUT2D eigenvalue weighted by Crippen LogP contribution is 2.23. The number of ether oxygens (including phenoxy) is 1. The number of likely N-dealkylation sites (N-methyl/N-ethyl adjacent to an activating group) is 1. The van der Waals surface area contributed by atoms with Crippen molar-refractivity contribution in [3.8, 4) is 5.75 Å². The summed E-state index contributed by atoms with van der Waals surface area (Å²) in [4.78, 5) is 6.19. The third kappa shape index (κ3) is 4.33. The Balaban J connectivity index is 2.18. The molecule has 1 aromatic carbocycles. The van der Waals surface area contributed by atoms with Gasteiger partial charge in [-0.3, -0.25) is 4.98 Å². The van der Waals surface area contributed by atoms with Crippen LogP contribution in [0.15, 0.2) is 53.3 Å². The summed E-state index contributed by atoms with van der Waals surface area (Å²) >= 11 is 3.45. The summed E-state index contributed by atoms with van der Waals surface area (Å²) in [5.41, 5.74) is 1.15. The Labute approximate surface area is 122 Å². The fourth-order valence-electron chi connectivity index (χ4n) is 1.80. The van der Waals surface area contributed by atoms with Crippen molar-refractivity contribution >= 4 is 15.9 Å². The molecule has 1 heterocycles. The van der Waals surface area contributed by atoms with Crippen molar-refractivity contribution in [2.45, 2.75) is 6.10 Å². The monoisotopic (exact) mass is 320 g/mol. The number of hydrogen-bond donors (Lipinski definition) is 0. The minimum atomic E-state index is -0.00713. The molecular formula is C15H17BrN2O. The van der Waals surface area contributed by atoms with Crippen molar-refractivity contribution < 1.29 is 4.74 Å². The van der Waals surface area contributed by atoms with Gasteiger partial charge in [0.05, 0.1) is 6.20 Å². The van der Waals surface area contributed by atoms with E-state index in [0.717, 1.165) is 22.3 Å². The molecule has 0 aliphatic heterocycles. The Morgan fingerprint density at radius 1 is 1.21 bits per heavy atom. The second-order valence-corrected chi connectivity index (χ2v) is 5.52. The molecule has 0 N–H and O–H groups in total. The minimum Gasteiger partial charge on any atom is -0.483 e. The summed E-state index contributed by atoms with van der Waals surface area (Å²) in [7, 11) is 4.08. The molecule has 3 nitrogen and oxygen atoms in total. The van der Waals surface area contributed by atoms with Crippen LogP contribution in [0.2, 0.25) is 0 Å². The van der Waals surface area contributed by atoms with Gasteiger partial charge in [0, 0.05) is 17.2 Å². The Morgan fingerprint density at radius 3 is 2.53 bits per heavy atom. The normalized spacial score (nSPS) is 12.4. The van der Waals surface area contributed by atoms with Gasteiger partial charge in [0.1, 0.15) is 11.9 Å². The maximum absolute atomic E-state index is 6.03. The third-order valence-corrected chi connectivity index (χ3v) is 3.21. The number of benzene rings is 1. The molecule has 19 heavy (non-hydrogen) atoms. The molecule has 0 saturated carbocycles. The van der Waals surface area contributed by atoms with Crippen LogP contribution in [-0.2, 0) is 0 Å². The smallest absolute Gasteiger partial charge is 0.138 e. The zero-order valence-corrected chi connectivity index (χ0v) is 12.7. The quantitative estimate of drug-likeness (QED) is 0.842. The van der Waals surface area contributed by atoms with Gasteiger partial charge in [-0.15, -0.1) is 0 Å². The van der Waals surface area contributed by atoms with E-state index in [1.54, 1.807) is 12.4 Å². The first-order chi connectivity index (χ1) is 9.15. The predicted molar refractivity (Wildman–Crippen MR) is 80.3 cm³/mol. The van der Waals surface area contributed by atoms with Crippen LogP contribution >= 0.6 is 15.9 Å². The second-order valence-electron chi connectivity index (χ2n) is 4.61. The Morgan fingerprint density at radius 2 is 1.95 bits per heavy atom. The van der Waals surface area contributed by atoms with Gasteiger partial charge in [-0.05, 0) is 43.9 Å². The minimum absolute atomic E-state index is 0.00713. The summed E-state index contributed by atoms with van der Waals surface area (Å²) in [5.74, 6) is 0.789. The van der Waals surface area contributed by atoms with Crippen LogP contribution in [0.3, 0.4) is 0 Å². The number of nitrogens with zero attached hydrogens (tertiary/aromatic N) is 2. The van der Waals surface area contributed by atoms with Crippen LogP contribution in [0.4, 0.5) is 0 Å². The molecule has 0 fully saturated rings. The third-order valence-electron chi connectivity index (χ3n) is 2.69. The molecule has 0 aliphatic carbocycles. The molecule has 1 aromatic heterocycles. The van der Waals surface area contributed by atoms with E-state index in [1.807, 2.05) is 38.4 Å². The second kappa shape index (κ2) is 6.68. The molecule has 0 bridgehead atoms. The fraction of sp³-hybridized carbons (Fsp3) is 0.267. The summed E-state index contributed by atoms with van der Waals surface area (Å²) in [5, 5.41) is 0. The zero-order chi connectivity index (χ0) is 13.7. The zero-order valence-electron chi connectivity index (χ0n) is 11.1. The van der Waals surface area contributed by atoms with E-state index in [4.69, 9.17) is 4.74 Å².